The molecule has 0 radical (unpaired) electrons. The fourth-order valence-electron chi connectivity index (χ4n) is 1.58. The van der Waals surface area contributed by atoms with Crippen LogP contribution >= 0.6 is 11.8 Å². The number of benzene rings is 1. The van der Waals surface area contributed by atoms with E-state index in [-0.39, 0.29) is 16.6 Å². The molecule has 0 heterocycles. The van der Waals surface area contributed by atoms with E-state index in [0.29, 0.717) is 17.7 Å². The third kappa shape index (κ3) is 4.13. The fraction of sp³-hybridized carbons (Fsp3) is 0.417. The van der Waals surface area contributed by atoms with Gasteiger partial charge in [-0.05, 0) is 30.9 Å². The highest BCUT2D eigenvalue weighted by atomic mass is 32.2. The van der Waals surface area contributed by atoms with Crippen molar-refractivity contribution < 1.29 is 8.42 Å². The van der Waals surface area contributed by atoms with Gasteiger partial charge >= 0.3 is 0 Å². The van der Waals surface area contributed by atoms with E-state index in [1.54, 1.807) is 11.8 Å². The fourth-order valence-corrected chi connectivity index (χ4v) is 3.84. The molecule has 7 heteroatoms. The Labute approximate surface area is 118 Å². The van der Waals surface area contributed by atoms with E-state index < -0.39 is 10.0 Å². The summed E-state index contributed by atoms with van der Waals surface area (Å²) < 4.78 is 27.1. The van der Waals surface area contributed by atoms with Crippen LogP contribution in [0, 0.1) is 11.3 Å². The molecular weight excluding hydrogens is 282 g/mol. The van der Waals surface area contributed by atoms with Crippen LogP contribution in [0.4, 0.5) is 5.69 Å². The summed E-state index contributed by atoms with van der Waals surface area (Å²) in [5.41, 5.74) is 6.13. The van der Waals surface area contributed by atoms with Gasteiger partial charge in [-0.3, -0.25) is 0 Å². The van der Waals surface area contributed by atoms with Gasteiger partial charge in [-0.1, -0.05) is 6.92 Å². The molecule has 104 valence electrons. The van der Waals surface area contributed by atoms with Crippen LogP contribution in [0.1, 0.15) is 18.9 Å². The Morgan fingerprint density at radius 1 is 1.53 bits per heavy atom. The molecule has 1 unspecified atom stereocenters. The number of nitrogens with two attached hydrogens (primary N) is 1. The number of nitrogen functional groups attached to an aromatic ring is 1. The topological polar surface area (TPSA) is 96.0 Å². The lowest BCUT2D eigenvalue weighted by atomic mass is 10.2. The normalized spacial score (nSPS) is 12.9. The van der Waals surface area contributed by atoms with Crippen LogP contribution in [0.25, 0.3) is 0 Å². The van der Waals surface area contributed by atoms with Crippen molar-refractivity contribution in [1.29, 1.82) is 5.26 Å². The van der Waals surface area contributed by atoms with Crippen LogP contribution in [0.2, 0.25) is 0 Å². The maximum Gasteiger partial charge on any atom is 0.242 e. The summed E-state index contributed by atoms with van der Waals surface area (Å²) in [5.74, 6) is 0.700. The van der Waals surface area contributed by atoms with Gasteiger partial charge in [-0.15, -0.1) is 0 Å². The number of hydrogen-bond donors (Lipinski definition) is 2. The average Bonchev–Trinajstić information content (AvgIpc) is 2.37. The summed E-state index contributed by atoms with van der Waals surface area (Å²) in [6.45, 7) is 1.92. The SMILES string of the molecule is CCC(CSC)NS(=O)(=O)c1ccc(C#N)cc1N. The van der Waals surface area contributed by atoms with Crippen molar-refractivity contribution in [3.8, 4) is 6.07 Å². The van der Waals surface area contributed by atoms with Crippen LogP contribution in [-0.2, 0) is 10.0 Å². The number of rotatable bonds is 6. The average molecular weight is 299 g/mol. The molecule has 0 bridgehead atoms. The molecule has 1 atom stereocenters. The van der Waals surface area contributed by atoms with Gasteiger partial charge in [0.25, 0.3) is 0 Å². The molecule has 0 spiro atoms. The molecular formula is C12H17N3O2S2. The van der Waals surface area contributed by atoms with Gasteiger partial charge in [0.15, 0.2) is 0 Å². The van der Waals surface area contributed by atoms with E-state index in [9.17, 15) is 8.42 Å². The first-order chi connectivity index (χ1) is 8.94. The predicted molar refractivity (Wildman–Crippen MR) is 78.4 cm³/mol. The highest BCUT2D eigenvalue weighted by Crippen LogP contribution is 2.20. The number of sulfonamides is 1. The summed E-state index contributed by atoms with van der Waals surface area (Å²) in [6.07, 6.45) is 2.63. The second-order valence-electron chi connectivity index (χ2n) is 4.05. The number of thioether (sulfide) groups is 1. The molecule has 19 heavy (non-hydrogen) atoms. The molecule has 1 rings (SSSR count). The van der Waals surface area contributed by atoms with E-state index in [2.05, 4.69) is 4.72 Å². The van der Waals surface area contributed by atoms with Gasteiger partial charge in [0.1, 0.15) is 4.90 Å². The highest BCUT2D eigenvalue weighted by molar-refractivity contribution is 7.98. The Morgan fingerprint density at radius 3 is 2.68 bits per heavy atom. The summed E-state index contributed by atoms with van der Waals surface area (Å²) in [4.78, 5) is 0.0195. The van der Waals surface area contributed by atoms with Crippen molar-refractivity contribution in [3.05, 3.63) is 23.8 Å². The molecule has 0 fully saturated rings. The lowest BCUT2D eigenvalue weighted by Gasteiger charge is -2.16. The molecule has 0 saturated heterocycles. The second kappa shape index (κ2) is 6.80. The molecule has 0 aliphatic heterocycles. The zero-order chi connectivity index (χ0) is 14.5. The van der Waals surface area contributed by atoms with E-state index in [4.69, 9.17) is 11.0 Å². The van der Waals surface area contributed by atoms with Crippen molar-refractivity contribution in [1.82, 2.24) is 4.72 Å². The van der Waals surface area contributed by atoms with Gasteiger partial charge in [0.05, 0.1) is 17.3 Å². The standard InChI is InChI=1S/C12H17N3O2S2/c1-3-10(8-18-2)15-19(16,17)12-5-4-9(7-13)6-11(12)14/h4-6,10,15H,3,8,14H2,1-2H3. The summed E-state index contributed by atoms with van der Waals surface area (Å²) in [5, 5.41) is 8.74. The van der Waals surface area contributed by atoms with Crippen molar-refractivity contribution in [2.45, 2.75) is 24.3 Å². The molecule has 0 amide bonds. The predicted octanol–water partition coefficient (Wildman–Crippen LogP) is 1.56. The van der Waals surface area contributed by atoms with Crippen molar-refractivity contribution in [2.24, 2.45) is 0 Å². The van der Waals surface area contributed by atoms with E-state index in [1.165, 1.54) is 18.2 Å². The summed E-state index contributed by atoms with van der Waals surface area (Å²) >= 11 is 1.58. The van der Waals surface area contributed by atoms with Gasteiger partial charge in [0.2, 0.25) is 10.0 Å². The van der Waals surface area contributed by atoms with Gasteiger partial charge in [0, 0.05) is 11.8 Å². The Hall–Kier alpha value is -1.23. The van der Waals surface area contributed by atoms with Crippen LogP contribution in [0.5, 0.6) is 0 Å². The first-order valence-corrected chi connectivity index (χ1v) is 8.63. The minimum Gasteiger partial charge on any atom is -0.398 e. The Kier molecular flexibility index (Phi) is 5.66. The molecule has 0 aliphatic carbocycles. The first-order valence-electron chi connectivity index (χ1n) is 5.75. The smallest absolute Gasteiger partial charge is 0.242 e. The maximum atomic E-state index is 12.2. The number of nitrogens with zero attached hydrogens (tertiary/aromatic N) is 1. The van der Waals surface area contributed by atoms with Crippen LogP contribution in [0.15, 0.2) is 23.1 Å². The zero-order valence-corrected chi connectivity index (χ0v) is 12.5. The van der Waals surface area contributed by atoms with Gasteiger partial charge in [-0.25, -0.2) is 13.1 Å². The molecule has 3 N–H and O–H groups in total. The van der Waals surface area contributed by atoms with E-state index >= 15 is 0 Å². The molecule has 5 nitrogen and oxygen atoms in total. The lowest BCUT2D eigenvalue weighted by Crippen LogP contribution is -2.36. The minimum absolute atomic E-state index is 0.0195. The van der Waals surface area contributed by atoms with Crippen molar-refractivity contribution in [3.63, 3.8) is 0 Å². The molecule has 0 saturated carbocycles. The number of anilines is 1. The second-order valence-corrected chi connectivity index (χ2v) is 6.64. The quantitative estimate of drug-likeness (QED) is 0.777. The third-order valence-electron chi connectivity index (χ3n) is 2.61. The Balaban J connectivity index is 3.04. The zero-order valence-electron chi connectivity index (χ0n) is 10.9. The number of nitrogens with one attached hydrogen (secondary N) is 1. The lowest BCUT2D eigenvalue weighted by molar-refractivity contribution is 0.558. The number of hydrogen-bond acceptors (Lipinski definition) is 5. The molecule has 0 aliphatic rings. The largest absolute Gasteiger partial charge is 0.398 e. The third-order valence-corrected chi connectivity index (χ3v) is 4.94. The van der Waals surface area contributed by atoms with Gasteiger partial charge < -0.3 is 5.73 Å². The monoisotopic (exact) mass is 299 g/mol. The highest BCUT2D eigenvalue weighted by Gasteiger charge is 2.21. The number of nitriles is 1. The maximum absolute atomic E-state index is 12.2. The Morgan fingerprint density at radius 2 is 2.21 bits per heavy atom. The summed E-state index contributed by atoms with van der Waals surface area (Å²) in [6, 6.07) is 5.96. The van der Waals surface area contributed by atoms with Crippen molar-refractivity contribution >= 4 is 27.5 Å². The van der Waals surface area contributed by atoms with E-state index in [1.807, 2.05) is 19.2 Å². The Bertz CT molecular complexity index is 579. The van der Waals surface area contributed by atoms with Crippen LogP contribution in [-0.4, -0.2) is 26.5 Å². The molecule has 1 aromatic carbocycles. The van der Waals surface area contributed by atoms with Crippen LogP contribution < -0.4 is 10.5 Å². The van der Waals surface area contributed by atoms with Gasteiger partial charge in [-0.2, -0.15) is 17.0 Å². The molecule has 1 aromatic rings. The van der Waals surface area contributed by atoms with Crippen molar-refractivity contribution in [2.75, 3.05) is 17.7 Å². The molecule has 0 aromatic heterocycles. The minimum atomic E-state index is -3.65. The van der Waals surface area contributed by atoms with E-state index in [0.717, 1.165) is 0 Å². The first kappa shape index (κ1) is 15.8. The van der Waals surface area contributed by atoms with Crippen LogP contribution in [0.3, 0.4) is 0 Å². The summed E-state index contributed by atoms with van der Waals surface area (Å²) in [7, 11) is -3.65.